The normalized spacial score (nSPS) is 10.2. The maximum atomic E-state index is 12.0. The van der Waals surface area contributed by atoms with Crippen LogP contribution in [0.3, 0.4) is 0 Å². The van der Waals surface area contributed by atoms with Crippen LogP contribution < -0.4 is 10.6 Å². The zero-order valence-electron chi connectivity index (χ0n) is 15.5. The van der Waals surface area contributed by atoms with E-state index in [4.69, 9.17) is 27.9 Å². The molecule has 0 aliphatic carbocycles. The van der Waals surface area contributed by atoms with Crippen molar-refractivity contribution in [3.05, 3.63) is 69.2 Å². The van der Waals surface area contributed by atoms with Gasteiger partial charge in [-0.25, -0.2) is 0 Å². The van der Waals surface area contributed by atoms with Crippen molar-refractivity contribution < 1.29 is 23.9 Å². The molecular weight excluding hydrogens is 419 g/mol. The second-order valence-corrected chi connectivity index (χ2v) is 6.88. The highest BCUT2D eigenvalue weighted by Crippen LogP contribution is 2.21. The lowest BCUT2D eigenvalue weighted by atomic mass is 10.1. The van der Waals surface area contributed by atoms with Crippen LogP contribution in [0.15, 0.2) is 42.5 Å². The molecule has 0 bridgehead atoms. The van der Waals surface area contributed by atoms with Crippen molar-refractivity contribution in [2.75, 3.05) is 19.7 Å². The molecule has 0 aromatic heterocycles. The van der Waals surface area contributed by atoms with Crippen LogP contribution in [-0.2, 0) is 14.3 Å². The molecule has 0 spiro atoms. The second-order valence-electron chi connectivity index (χ2n) is 6.03. The molecule has 9 heteroatoms. The lowest BCUT2D eigenvalue weighted by Crippen LogP contribution is -2.39. The molecule has 0 unspecified atom stereocenters. The van der Waals surface area contributed by atoms with Gasteiger partial charge in [-0.3, -0.25) is 19.2 Å². The zero-order chi connectivity index (χ0) is 21.4. The van der Waals surface area contributed by atoms with Crippen molar-refractivity contribution in [1.29, 1.82) is 0 Å². The van der Waals surface area contributed by atoms with Crippen molar-refractivity contribution in [3.8, 4) is 0 Å². The number of esters is 1. The van der Waals surface area contributed by atoms with Gasteiger partial charge in [-0.15, -0.1) is 0 Å². The number of carbonyl (C=O) groups is 4. The third kappa shape index (κ3) is 7.21. The van der Waals surface area contributed by atoms with E-state index in [0.29, 0.717) is 10.6 Å². The van der Waals surface area contributed by atoms with E-state index in [9.17, 15) is 19.2 Å². The van der Waals surface area contributed by atoms with Crippen LogP contribution in [0.25, 0.3) is 0 Å². The Morgan fingerprint density at radius 3 is 2.28 bits per heavy atom. The monoisotopic (exact) mass is 436 g/mol. The third-order valence-corrected chi connectivity index (χ3v) is 4.30. The number of amides is 2. The molecule has 152 valence electrons. The molecule has 0 saturated heterocycles. The van der Waals surface area contributed by atoms with E-state index in [0.717, 1.165) is 5.56 Å². The molecule has 0 fully saturated rings. The molecule has 2 N–H and O–H groups in total. The predicted molar refractivity (Wildman–Crippen MR) is 108 cm³/mol. The number of ketones is 1. The van der Waals surface area contributed by atoms with Gasteiger partial charge in [0.15, 0.2) is 6.61 Å². The summed E-state index contributed by atoms with van der Waals surface area (Å²) in [4.78, 5) is 47.4. The average Bonchev–Trinajstić information content (AvgIpc) is 2.69. The quantitative estimate of drug-likeness (QED) is 0.489. The summed E-state index contributed by atoms with van der Waals surface area (Å²) in [7, 11) is 0. The van der Waals surface area contributed by atoms with Crippen molar-refractivity contribution in [2.24, 2.45) is 0 Å². The second kappa shape index (κ2) is 10.6. The minimum absolute atomic E-state index is 0.149. The van der Waals surface area contributed by atoms with E-state index in [1.165, 1.54) is 18.2 Å². The highest BCUT2D eigenvalue weighted by Gasteiger charge is 2.14. The number of rotatable bonds is 8. The third-order valence-electron chi connectivity index (χ3n) is 3.75. The molecule has 0 aliphatic heterocycles. The van der Waals surface area contributed by atoms with Crippen LogP contribution >= 0.6 is 23.2 Å². The molecule has 2 rings (SSSR count). The summed E-state index contributed by atoms with van der Waals surface area (Å²) in [5, 5.41) is 5.26. The standard InChI is InChI=1S/C20H18Cl2N2O5/c1-12-2-4-13(5-3-12)20(28)24-9-18(26)23-10-19(27)29-11-17(25)15-7-6-14(21)8-16(15)22/h2-8H,9-11H2,1H3,(H,23,26)(H,24,28). The Bertz CT molecular complexity index is 929. The van der Waals surface area contributed by atoms with Crippen molar-refractivity contribution in [2.45, 2.75) is 6.92 Å². The van der Waals surface area contributed by atoms with Crippen LogP contribution in [0.2, 0.25) is 10.0 Å². The number of benzene rings is 2. The highest BCUT2D eigenvalue weighted by molar-refractivity contribution is 6.36. The Hall–Kier alpha value is -2.90. The summed E-state index contributed by atoms with van der Waals surface area (Å²) in [6.07, 6.45) is 0. The van der Waals surface area contributed by atoms with E-state index < -0.39 is 36.7 Å². The van der Waals surface area contributed by atoms with E-state index in [2.05, 4.69) is 10.6 Å². The van der Waals surface area contributed by atoms with E-state index in [1.54, 1.807) is 24.3 Å². The summed E-state index contributed by atoms with van der Waals surface area (Å²) in [5.41, 5.74) is 1.60. The van der Waals surface area contributed by atoms with E-state index in [-0.39, 0.29) is 17.1 Å². The van der Waals surface area contributed by atoms with Crippen LogP contribution in [-0.4, -0.2) is 43.3 Å². The first-order valence-electron chi connectivity index (χ1n) is 8.51. The topological polar surface area (TPSA) is 102 Å². The zero-order valence-corrected chi connectivity index (χ0v) is 17.0. The van der Waals surface area contributed by atoms with Gasteiger partial charge in [0.2, 0.25) is 11.7 Å². The molecule has 0 atom stereocenters. The van der Waals surface area contributed by atoms with Gasteiger partial charge in [0.05, 0.1) is 11.6 Å². The lowest BCUT2D eigenvalue weighted by molar-refractivity contribution is -0.142. The molecular formula is C20H18Cl2N2O5. The summed E-state index contributed by atoms with van der Waals surface area (Å²) >= 11 is 11.7. The van der Waals surface area contributed by atoms with Crippen LogP contribution in [0, 0.1) is 6.92 Å². The number of ether oxygens (including phenoxy) is 1. The highest BCUT2D eigenvalue weighted by atomic mass is 35.5. The molecule has 2 aromatic carbocycles. The Kier molecular flexibility index (Phi) is 8.18. The summed E-state index contributed by atoms with van der Waals surface area (Å²) in [6.45, 7) is 0.617. The molecule has 29 heavy (non-hydrogen) atoms. The van der Waals surface area contributed by atoms with Crippen LogP contribution in [0.1, 0.15) is 26.3 Å². The minimum Gasteiger partial charge on any atom is -0.456 e. The van der Waals surface area contributed by atoms with Crippen molar-refractivity contribution >= 4 is 46.8 Å². The molecule has 0 heterocycles. The number of hydrogen-bond acceptors (Lipinski definition) is 5. The van der Waals surface area contributed by atoms with Gasteiger partial charge in [-0.1, -0.05) is 40.9 Å². The van der Waals surface area contributed by atoms with Gasteiger partial charge < -0.3 is 15.4 Å². The summed E-state index contributed by atoms with van der Waals surface area (Å²) < 4.78 is 4.82. The van der Waals surface area contributed by atoms with Crippen molar-refractivity contribution in [1.82, 2.24) is 10.6 Å². The first-order valence-corrected chi connectivity index (χ1v) is 9.27. The number of aryl methyl sites for hydroxylation is 1. The Balaban J connectivity index is 1.70. The lowest BCUT2D eigenvalue weighted by Gasteiger charge is -2.08. The van der Waals surface area contributed by atoms with Crippen LogP contribution in [0.5, 0.6) is 0 Å². The van der Waals surface area contributed by atoms with Gasteiger partial charge in [-0.05, 0) is 37.3 Å². The fraction of sp³-hybridized carbons (Fsp3) is 0.200. The molecule has 2 aromatic rings. The maximum Gasteiger partial charge on any atom is 0.325 e. The Morgan fingerprint density at radius 2 is 1.62 bits per heavy atom. The van der Waals surface area contributed by atoms with Gasteiger partial charge in [0.1, 0.15) is 6.54 Å². The molecule has 0 aliphatic rings. The molecule has 0 saturated carbocycles. The van der Waals surface area contributed by atoms with Gasteiger partial charge in [0, 0.05) is 16.1 Å². The number of nitrogens with one attached hydrogen (secondary N) is 2. The Morgan fingerprint density at radius 1 is 0.931 bits per heavy atom. The SMILES string of the molecule is Cc1ccc(C(=O)NCC(=O)NCC(=O)OCC(=O)c2ccc(Cl)cc2Cl)cc1. The van der Waals surface area contributed by atoms with Crippen LogP contribution in [0.4, 0.5) is 0 Å². The first kappa shape index (κ1) is 22.4. The smallest absolute Gasteiger partial charge is 0.325 e. The predicted octanol–water partition coefficient (Wildman–Crippen LogP) is 2.57. The summed E-state index contributed by atoms with van der Waals surface area (Å²) in [6, 6.07) is 11.2. The minimum atomic E-state index is -0.804. The fourth-order valence-electron chi connectivity index (χ4n) is 2.19. The molecule has 2 amide bonds. The number of halogens is 2. The number of hydrogen-bond donors (Lipinski definition) is 2. The fourth-order valence-corrected chi connectivity index (χ4v) is 2.71. The largest absolute Gasteiger partial charge is 0.456 e. The number of Topliss-reactive ketones (excluding diaryl/α,β-unsaturated/α-hetero) is 1. The van der Waals surface area contributed by atoms with Gasteiger partial charge in [-0.2, -0.15) is 0 Å². The van der Waals surface area contributed by atoms with E-state index >= 15 is 0 Å². The maximum absolute atomic E-state index is 12.0. The molecule has 7 nitrogen and oxygen atoms in total. The molecule has 0 radical (unpaired) electrons. The van der Waals surface area contributed by atoms with Crippen molar-refractivity contribution in [3.63, 3.8) is 0 Å². The Labute approximate surface area is 177 Å². The van der Waals surface area contributed by atoms with E-state index in [1.807, 2.05) is 6.92 Å². The first-order chi connectivity index (χ1) is 13.8. The summed E-state index contributed by atoms with van der Waals surface area (Å²) in [5.74, 6) is -2.29. The van der Waals surface area contributed by atoms with Gasteiger partial charge in [0.25, 0.3) is 5.91 Å². The number of carbonyl (C=O) groups excluding carboxylic acids is 4. The average molecular weight is 437 g/mol. The van der Waals surface area contributed by atoms with Gasteiger partial charge >= 0.3 is 5.97 Å².